The first-order chi connectivity index (χ1) is 14.8. The van der Waals surface area contributed by atoms with Gasteiger partial charge in [-0.2, -0.15) is 0 Å². The molecule has 30 heavy (non-hydrogen) atoms. The summed E-state index contributed by atoms with van der Waals surface area (Å²) in [4.78, 5) is 0. The average molecular weight is 451 g/mol. The summed E-state index contributed by atoms with van der Waals surface area (Å²) >= 11 is 3.19. The van der Waals surface area contributed by atoms with E-state index in [9.17, 15) is 0 Å². The summed E-state index contributed by atoms with van der Waals surface area (Å²) in [5.74, 6) is 3.93. The van der Waals surface area contributed by atoms with Crippen molar-refractivity contribution in [2.24, 2.45) is 5.92 Å². The van der Waals surface area contributed by atoms with Gasteiger partial charge >= 0.3 is 0 Å². The summed E-state index contributed by atoms with van der Waals surface area (Å²) in [7, 11) is 0. The van der Waals surface area contributed by atoms with Crippen molar-refractivity contribution in [2.75, 3.05) is 39.6 Å². The summed E-state index contributed by atoms with van der Waals surface area (Å²) < 4.78 is 35.0. The van der Waals surface area contributed by atoms with Gasteiger partial charge in [0, 0.05) is 28.1 Å². The van der Waals surface area contributed by atoms with Crippen LogP contribution in [0.2, 0.25) is 0 Å². The second kappa shape index (κ2) is 9.60. The van der Waals surface area contributed by atoms with Crippen LogP contribution in [-0.2, 0) is 9.47 Å². The molecule has 2 aromatic heterocycles. The Morgan fingerprint density at radius 2 is 1.43 bits per heavy atom. The number of hydrogen-bond donors (Lipinski definition) is 0. The van der Waals surface area contributed by atoms with E-state index in [-0.39, 0.29) is 12.2 Å². The van der Waals surface area contributed by atoms with E-state index >= 15 is 0 Å². The maximum atomic E-state index is 5.93. The number of hydrogen-bond acceptors (Lipinski definition) is 8. The molecule has 4 heterocycles. The molecule has 0 aromatic carbocycles. The Hall–Kier alpha value is -1.74. The fourth-order valence-electron chi connectivity index (χ4n) is 3.80. The van der Waals surface area contributed by atoms with Gasteiger partial charge in [-0.25, -0.2) is 0 Å². The Labute approximate surface area is 184 Å². The highest BCUT2D eigenvalue weighted by Crippen LogP contribution is 2.36. The van der Waals surface area contributed by atoms with Crippen molar-refractivity contribution in [3.8, 4) is 23.0 Å². The molecule has 3 unspecified atom stereocenters. The molecule has 0 radical (unpaired) electrons. The van der Waals surface area contributed by atoms with E-state index in [1.165, 1.54) is 5.57 Å². The quantitative estimate of drug-likeness (QED) is 0.550. The standard InChI is InChI=1S/C22H26O6S2/c1-2-16(6-24-8-18-10-26-20-12-30-14-22(20)28-18)4-3-15(1)5-23-7-17-9-25-19-11-29-13-21(19)27-17/h1,11-14,16-18H,2-10H2. The maximum absolute atomic E-state index is 5.93. The van der Waals surface area contributed by atoms with Gasteiger partial charge in [0.25, 0.3) is 0 Å². The Kier molecular flexibility index (Phi) is 6.45. The van der Waals surface area contributed by atoms with Gasteiger partial charge < -0.3 is 28.4 Å². The van der Waals surface area contributed by atoms with Crippen molar-refractivity contribution in [3.63, 3.8) is 0 Å². The first kappa shape index (κ1) is 20.2. The SMILES string of the molecule is C1=C(COCC2COc3cscc3O2)CCC(COCC2COc3cscc3O2)C1. The molecular formula is C22H26O6S2. The molecule has 6 nitrogen and oxygen atoms in total. The lowest BCUT2D eigenvalue weighted by Gasteiger charge is -2.27. The zero-order chi connectivity index (χ0) is 20.2. The summed E-state index contributed by atoms with van der Waals surface area (Å²) in [6.07, 6.45) is 5.49. The van der Waals surface area contributed by atoms with Crippen LogP contribution in [-0.4, -0.2) is 51.8 Å². The van der Waals surface area contributed by atoms with E-state index < -0.39 is 0 Å². The smallest absolute Gasteiger partial charge is 0.172 e. The van der Waals surface area contributed by atoms with Gasteiger partial charge in [-0.05, 0) is 30.8 Å². The molecule has 3 aliphatic rings. The number of fused-ring (bicyclic) bond motifs is 2. The maximum Gasteiger partial charge on any atom is 0.172 e. The summed E-state index contributed by atoms with van der Waals surface area (Å²) in [6.45, 7) is 3.65. The lowest BCUT2D eigenvalue weighted by molar-refractivity contribution is -0.00300. The molecule has 8 heteroatoms. The third-order valence-electron chi connectivity index (χ3n) is 5.48. The minimum Gasteiger partial charge on any atom is -0.485 e. The molecule has 3 atom stereocenters. The van der Waals surface area contributed by atoms with Gasteiger partial charge in [-0.1, -0.05) is 6.08 Å². The summed E-state index contributed by atoms with van der Waals surface area (Å²) in [6, 6.07) is 0. The Bertz CT molecular complexity index is 859. The molecule has 162 valence electrons. The van der Waals surface area contributed by atoms with Crippen LogP contribution in [0.25, 0.3) is 0 Å². The number of thiophene rings is 2. The Balaban J connectivity index is 0.965. The van der Waals surface area contributed by atoms with E-state index in [0.717, 1.165) is 48.9 Å². The highest BCUT2D eigenvalue weighted by molar-refractivity contribution is 7.08. The molecule has 0 fully saturated rings. The monoisotopic (exact) mass is 450 g/mol. The van der Waals surface area contributed by atoms with Crippen molar-refractivity contribution >= 4 is 22.7 Å². The lowest BCUT2D eigenvalue weighted by atomic mass is 9.90. The van der Waals surface area contributed by atoms with E-state index in [1.54, 1.807) is 22.7 Å². The van der Waals surface area contributed by atoms with Crippen LogP contribution in [0, 0.1) is 5.92 Å². The van der Waals surface area contributed by atoms with Gasteiger partial charge in [-0.3, -0.25) is 0 Å². The van der Waals surface area contributed by atoms with Gasteiger partial charge in [-0.15, -0.1) is 22.7 Å². The zero-order valence-electron chi connectivity index (χ0n) is 16.7. The van der Waals surface area contributed by atoms with E-state index in [2.05, 4.69) is 6.08 Å². The van der Waals surface area contributed by atoms with Crippen LogP contribution >= 0.6 is 22.7 Å². The van der Waals surface area contributed by atoms with Crippen molar-refractivity contribution in [2.45, 2.75) is 31.5 Å². The fraction of sp³-hybridized carbons (Fsp3) is 0.545. The van der Waals surface area contributed by atoms with E-state index in [0.29, 0.717) is 39.0 Å². The summed E-state index contributed by atoms with van der Waals surface area (Å²) in [5.41, 5.74) is 1.37. The zero-order valence-corrected chi connectivity index (χ0v) is 18.4. The number of rotatable bonds is 8. The molecule has 0 amide bonds. The van der Waals surface area contributed by atoms with Crippen LogP contribution in [0.3, 0.4) is 0 Å². The number of ether oxygens (including phenoxy) is 6. The fourth-order valence-corrected chi connectivity index (χ4v) is 5.14. The molecule has 0 saturated heterocycles. The largest absolute Gasteiger partial charge is 0.485 e. The lowest BCUT2D eigenvalue weighted by Crippen LogP contribution is -2.33. The molecule has 0 spiro atoms. The van der Waals surface area contributed by atoms with Gasteiger partial charge in [0.15, 0.2) is 35.2 Å². The highest BCUT2D eigenvalue weighted by atomic mass is 32.1. The van der Waals surface area contributed by atoms with Crippen LogP contribution in [0.1, 0.15) is 19.3 Å². The Morgan fingerprint density at radius 3 is 2.07 bits per heavy atom. The van der Waals surface area contributed by atoms with Gasteiger partial charge in [0.05, 0.1) is 19.8 Å². The average Bonchev–Trinajstić information content (AvgIpc) is 3.43. The second-order valence-corrected chi connectivity index (χ2v) is 9.34. The number of allylic oxidation sites excluding steroid dienone is 1. The van der Waals surface area contributed by atoms with Crippen LogP contribution in [0.5, 0.6) is 23.0 Å². The minimum atomic E-state index is -0.0337. The first-order valence-electron chi connectivity index (χ1n) is 10.4. The molecule has 0 N–H and O–H groups in total. The molecule has 0 saturated carbocycles. The van der Waals surface area contributed by atoms with Crippen LogP contribution < -0.4 is 18.9 Å². The summed E-state index contributed by atoms with van der Waals surface area (Å²) in [5, 5.41) is 7.89. The predicted octanol–water partition coefficient (Wildman–Crippen LogP) is 4.55. The molecular weight excluding hydrogens is 424 g/mol. The topological polar surface area (TPSA) is 55.4 Å². The molecule has 0 bridgehead atoms. The third kappa shape index (κ3) is 4.94. The van der Waals surface area contributed by atoms with Crippen molar-refractivity contribution in [1.29, 1.82) is 0 Å². The molecule has 1 aliphatic carbocycles. The van der Waals surface area contributed by atoms with Gasteiger partial charge in [0.2, 0.25) is 0 Å². The minimum absolute atomic E-state index is 0.0219. The normalized spacial score (nSPS) is 25.1. The van der Waals surface area contributed by atoms with E-state index in [4.69, 9.17) is 28.4 Å². The van der Waals surface area contributed by atoms with E-state index in [1.807, 2.05) is 21.5 Å². The third-order valence-corrected chi connectivity index (χ3v) is 6.89. The van der Waals surface area contributed by atoms with Crippen LogP contribution in [0.4, 0.5) is 0 Å². The predicted molar refractivity (Wildman–Crippen MR) is 116 cm³/mol. The Morgan fingerprint density at radius 1 is 0.800 bits per heavy atom. The molecule has 2 aromatic rings. The van der Waals surface area contributed by atoms with Gasteiger partial charge in [0.1, 0.15) is 13.2 Å². The second-order valence-electron chi connectivity index (χ2n) is 7.86. The first-order valence-corrected chi connectivity index (χ1v) is 12.3. The van der Waals surface area contributed by atoms with Crippen LogP contribution in [0.15, 0.2) is 33.2 Å². The highest BCUT2D eigenvalue weighted by Gasteiger charge is 2.24. The van der Waals surface area contributed by atoms with Crippen molar-refractivity contribution in [3.05, 3.63) is 33.2 Å². The van der Waals surface area contributed by atoms with Crippen molar-refractivity contribution in [1.82, 2.24) is 0 Å². The molecule has 2 aliphatic heterocycles. The van der Waals surface area contributed by atoms with Crippen molar-refractivity contribution < 1.29 is 28.4 Å². The molecule has 5 rings (SSSR count).